The van der Waals surface area contributed by atoms with Crippen LogP contribution in [0.3, 0.4) is 0 Å². The Balaban J connectivity index is 1.69. The first-order valence-electron chi connectivity index (χ1n) is 7.81. The lowest BCUT2D eigenvalue weighted by atomic mass is 10.2. The van der Waals surface area contributed by atoms with E-state index in [4.69, 9.17) is 16.3 Å². The molecule has 2 aromatic carbocycles. The predicted molar refractivity (Wildman–Crippen MR) is 101 cm³/mol. The summed E-state index contributed by atoms with van der Waals surface area (Å²) >= 11 is 7.29. The topological polar surface area (TPSA) is 55.4 Å². The fourth-order valence-electron chi connectivity index (χ4n) is 2.18. The van der Waals surface area contributed by atoms with Crippen molar-refractivity contribution >= 4 is 35.2 Å². The zero-order chi connectivity index (χ0) is 18.2. The van der Waals surface area contributed by atoms with E-state index in [1.165, 1.54) is 17.3 Å². The number of nitrogens with one attached hydrogen (secondary N) is 1. The molecule has 0 saturated heterocycles. The molecule has 0 spiro atoms. The standard InChI is InChI=1S/C19H20ClNO3S/c1-13-6-7-17(14(2)8-13)25-12-19(23)24-11-18(22)21-10-15-4-3-5-16(20)9-15/h3-9H,10-12H2,1-2H3,(H,21,22). The number of hydrogen-bond donors (Lipinski definition) is 1. The number of hydrogen-bond acceptors (Lipinski definition) is 4. The number of thioether (sulfide) groups is 1. The first-order chi connectivity index (χ1) is 11.9. The van der Waals surface area contributed by atoms with Crippen molar-refractivity contribution in [3.05, 3.63) is 64.2 Å². The quantitative estimate of drug-likeness (QED) is 0.587. The number of benzene rings is 2. The molecular weight excluding hydrogens is 358 g/mol. The van der Waals surface area contributed by atoms with Gasteiger partial charge in [-0.05, 0) is 43.2 Å². The monoisotopic (exact) mass is 377 g/mol. The SMILES string of the molecule is Cc1ccc(SCC(=O)OCC(=O)NCc2cccc(Cl)c2)c(C)c1. The molecule has 0 heterocycles. The van der Waals surface area contributed by atoms with Gasteiger partial charge < -0.3 is 10.1 Å². The van der Waals surface area contributed by atoms with Crippen LogP contribution in [0.2, 0.25) is 5.02 Å². The first kappa shape index (κ1) is 19.3. The summed E-state index contributed by atoms with van der Waals surface area (Å²) in [6.45, 7) is 4.09. The highest BCUT2D eigenvalue weighted by atomic mass is 35.5. The number of amides is 1. The molecule has 0 unspecified atom stereocenters. The summed E-state index contributed by atoms with van der Waals surface area (Å²) < 4.78 is 5.00. The van der Waals surface area contributed by atoms with E-state index in [1.54, 1.807) is 12.1 Å². The highest BCUT2D eigenvalue weighted by Gasteiger charge is 2.09. The Kier molecular flexibility index (Phi) is 7.34. The second kappa shape index (κ2) is 9.49. The van der Waals surface area contributed by atoms with Gasteiger partial charge in [-0.1, -0.05) is 41.4 Å². The number of esters is 1. The van der Waals surface area contributed by atoms with E-state index in [0.29, 0.717) is 11.6 Å². The van der Waals surface area contributed by atoms with Gasteiger partial charge in [0.25, 0.3) is 5.91 Å². The lowest BCUT2D eigenvalue weighted by Gasteiger charge is -2.08. The molecule has 4 nitrogen and oxygen atoms in total. The molecule has 6 heteroatoms. The summed E-state index contributed by atoms with van der Waals surface area (Å²) in [5.41, 5.74) is 3.19. The number of carbonyl (C=O) groups excluding carboxylic acids is 2. The van der Waals surface area contributed by atoms with Crippen LogP contribution in [0.15, 0.2) is 47.4 Å². The van der Waals surface area contributed by atoms with Gasteiger partial charge >= 0.3 is 5.97 Å². The van der Waals surface area contributed by atoms with E-state index in [2.05, 4.69) is 11.4 Å². The van der Waals surface area contributed by atoms with E-state index >= 15 is 0 Å². The van der Waals surface area contributed by atoms with Gasteiger partial charge in [-0.15, -0.1) is 11.8 Å². The molecule has 0 saturated carbocycles. The third-order valence-electron chi connectivity index (χ3n) is 3.42. The second-order valence-electron chi connectivity index (χ2n) is 5.62. The van der Waals surface area contributed by atoms with Crippen molar-refractivity contribution in [1.29, 1.82) is 0 Å². The highest BCUT2D eigenvalue weighted by Crippen LogP contribution is 2.23. The van der Waals surface area contributed by atoms with E-state index in [-0.39, 0.29) is 18.3 Å². The molecular formula is C19H20ClNO3S. The van der Waals surface area contributed by atoms with Crippen LogP contribution in [0, 0.1) is 13.8 Å². The molecule has 0 aromatic heterocycles. The number of halogens is 1. The maximum atomic E-state index is 11.8. The summed E-state index contributed by atoms with van der Waals surface area (Å²) in [6, 6.07) is 13.3. The zero-order valence-electron chi connectivity index (χ0n) is 14.2. The molecule has 0 aliphatic carbocycles. The Morgan fingerprint density at radius 1 is 1.16 bits per heavy atom. The molecule has 0 aliphatic heterocycles. The van der Waals surface area contributed by atoms with Crippen molar-refractivity contribution in [1.82, 2.24) is 5.32 Å². The Labute approximate surface area is 156 Å². The van der Waals surface area contributed by atoms with Crippen LogP contribution in [0.1, 0.15) is 16.7 Å². The van der Waals surface area contributed by atoms with Crippen LogP contribution >= 0.6 is 23.4 Å². The largest absolute Gasteiger partial charge is 0.455 e. The summed E-state index contributed by atoms with van der Waals surface area (Å²) in [5.74, 6) is -0.585. The van der Waals surface area contributed by atoms with Gasteiger partial charge in [0, 0.05) is 16.5 Å². The molecule has 0 atom stereocenters. The molecule has 0 radical (unpaired) electrons. The maximum absolute atomic E-state index is 11.8. The summed E-state index contributed by atoms with van der Waals surface area (Å²) in [7, 11) is 0. The average molecular weight is 378 g/mol. The lowest BCUT2D eigenvalue weighted by Crippen LogP contribution is -2.28. The molecule has 1 amide bonds. The third-order valence-corrected chi connectivity index (χ3v) is 4.80. The van der Waals surface area contributed by atoms with Gasteiger partial charge in [0.05, 0.1) is 5.75 Å². The van der Waals surface area contributed by atoms with Gasteiger partial charge in [0.15, 0.2) is 6.61 Å². The van der Waals surface area contributed by atoms with Gasteiger partial charge in [-0.25, -0.2) is 0 Å². The van der Waals surface area contributed by atoms with E-state index in [9.17, 15) is 9.59 Å². The maximum Gasteiger partial charge on any atom is 0.316 e. The molecule has 1 N–H and O–H groups in total. The summed E-state index contributed by atoms with van der Waals surface area (Å²) in [4.78, 5) is 24.6. The van der Waals surface area contributed by atoms with Crippen LogP contribution in [-0.4, -0.2) is 24.2 Å². The number of ether oxygens (including phenoxy) is 1. The summed E-state index contributed by atoms with van der Waals surface area (Å²) in [6.07, 6.45) is 0. The Morgan fingerprint density at radius 2 is 1.96 bits per heavy atom. The molecule has 132 valence electrons. The minimum Gasteiger partial charge on any atom is -0.455 e. The zero-order valence-corrected chi connectivity index (χ0v) is 15.7. The van der Waals surface area contributed by atoms with Crippen molar-refractivity contribution in [2.24, 2.45) is 0 Å². The van der Waals surface area contributed by atoms with Crippen molar-refractivity contribution in [2.75, 3.05) is 12.4 Å². The molecule has 0 aliphatic rings. The average Bonchev–Trinajstić information content (AvgIpc) is 2.57. The van der Waals surface area contributed by atoms with Crippen molar-refractivity contribution in [3.8, 4) is 0 Å². The fourth-order valence-corrected chi connectivity index (χ4v) is 3.20. The van der Waals surface area contributed by atoms with Crippen molar-refractivity contribution < 1.29 is 14.3 Å². The van der Waals surface area contributed by atoms with Crippen LogP contribution in [-0.2, 0) is 20.9 Å². The fraction of sp³-hybridized carbons (Fsp3) is 0.263. The second-order valence-corrected chi connectivity index (χ2v) is 7.08. The normalized spacial score (nSPS) is 10.4. The van der Waals surface area contributed by atoms with Gasteiger partial charge in [0.1, 0.15) is 0 Å². The minimum absolute atomic E-state index is 0.172. The number of rotatable bonds is 7. The Hall–Kier alpha value is -1.98. The molecule has 0 fully saturated rings. The van der Waals surface area contributed by atoms with Gasteiger partial charge in [-0.2, -0.15) is 0 Å². The van der Waals surface area contributed by atoms with Crippen LogP contribution in [0.4, 0.5) is 0 Å². The van der Waals surface area contributed by atoms with Crippen LogP contribution in [0.25, 0.3) is 0 Å². The molecule has 0 bridgehead atoms. The summed E-state index contributed by atoms with van der Waals surface area (Å²) in [5, 5.41) is 3.30. The molecule has 2 aromatic rings. The molecule has 2 rings (SSSR count). The van der Waals surface area contributed by atoms with E-state index in [0.717, 1.165) is 16.0 Å². The predicted octanol–water partition coefficient (Wildman–Crippen LogP) is 3.91. The van der Waals surface area contributed by atoms with E-state index < -0.39 is 5.97 Å². The number of carbonyl (C=O) groups is 2. The lowest BCUT2D eigenvalue weighted by molar-refractivity contribution is -0.145. The van der Waals surface area contributed by atoms with Gasteiger partial charge in [0.2, 0.25) is 0 Å². The Morgan fingerprint density at radius 3 is 2.68 bits per heavy atom. The smallest absolute Gasteiger partial charge is 0.316 e. The molecule has 25 heavy (non-hydrogen) atoms. The first-order valence-corrected chi connectivity index (χ1v) is 9.17. The Bertz CT molecular complexity index is 764. The highest BCUT2D eigenvalue weighted by molar-refractivity contribution is 8.00. The van der Waals surface area contributed by atoms with Crippen molar-refractivity contribution in [2.45, 2.75) is 25.3 Å². The van der Waals surface area contributed by atoms with Crippen LogP contribution < -0.4 is 5.32 Å². The minimum atomic E-state index is -0.414. The number of aryl methyl sites for hydroxylation is 2. The van der Waals surface area contributed by atoms with Crippen LogP contribution in [0.5, 0.6) is 0 Å². The van der Waals surface area contributed by atoms with Crippen molar-refractivity contribution in [3.63, 3.8) is 0 Å². The third kappa shape index (κ3) is 6.80. The van der Waals surface area contributed by atoms with Gasteiger partial charge in [-0.3, -0.25) is 9.59 Å². The van der Waals surface area contributed by atoms with E-state index in [1.807, 2.05) is 38.1 Å².